The van der Waals surface area contributed by atoms with Crippen LogP contribution in [0.15, 0.2) is 30.5 Å². The van der Waals surface area contributed by atoms with Crippen molar-refractivity contribution in [2.75, 3.05) is 31.1 Å². The summed E-state index contributed by atoms with van der Waals surface area (Å²) in [6.07, 6.45) is 9.48. The summed E-state index contributed by atoms with van der Waals surface area (Å²) in [6.45, 7) is 4.54. The lowest BCUT2D eigenvalue weighted by molar-refractivity contribution is 0.0859. The quantitative estimate of drug-likeness (QED) is 0.897. The molecule has 1 aromatic heterocycles. The average Bonchev–Trinajstić information content (AvgIpc) is 3.28. The van der Waals surface area contributed by atoms with Crippen molar-refractivity contribution in [3.8, 4) is 0 Å². The number of hydrogen-bond donors (Lipinski definition) is 1. The van der Waals surface area contributed by atoms with Crippen LogP contribution in [0.3, 0.4) is 0 Å². The second kappa shape index (κ2) is 6.38. The third-order valence-electron chi connectivity index (χ3n) is 6.90. The molecule has 3 aliphatic rings. The van der Waals surface area contributed by atoms with Crippen LogP contribution in [0.25, 0.3) is 0 Å². The number of aryl methyl sites for hydroxylation is 1. The fourth-order valence-electron chi connectivity index (χ4n) is 5.49. The molecule has 1 aliphatic carbocycles. The zero-order chi connectivity index (χ0) is 17.6. The molecule has 1 atom stereocenters. The van der Waals surface area contributed by atoms with Crippen molar-refractivity contribution < 1.29 is 4.39 Å². The number of nitrogens with one attached hydrogen (secondary N) is 1. The van der Waals surface area contributed by atoms with Crippen molar-refractivity contribution >= 4 is 5.69 Å². The molecule has 5 rings (SSSR count). The van der Waals surface area contributed by atoms with Gasteiger partial charge in [-0.15, -0.1) is 0 Å². The molecule has 1 spiro atoms. The molecule has 2 fully saturated rings. The van der Waals surface area contributed by atoms with Gasteiger partial charge >= 0.3 is 0 Å². The lowest BCUT2D eigenvalue weighted by Crippen LogP contribution is -2.52. The zero-order valence-corrected chi connectivity index (χ0v) is 15.3. The molecule has 1 N–H and O–H groups in total. The van der Waals surface area contributed by atoms with Crippen LogP contribution in [0.4, 0.5) is 10.1 Å². The van der Waals surface area contributed by atoms with Crippen molar-refractivity contribution in [3.05, 3.63) is 47.5 Å². The Morgan fingerprint density at radius 3 is 2.69 bits per heavy atom. The van der Waals surface area contributed by atoms with Crippen LogP contribution in [0, 0.1) is 5.82 Å². The van der Waals surface area contributed by atoms with Gasteiger partial charge in [-0.25, -0.2) is 4.39 Å². The summed E-state index contributed by atoms with van der Waals surface area (Å²) >= 11 is 0. The van der Waals surface area contributed by atoms with E-state index >= 15 is 0 Å². The number of aromatic amines is 1. The van der Waals surface area contributed by atoms with Gasteiger partial charge < -0.3 is 4.90 Å². The number of benzene rings is 1. The largest absolute Gasteiger partial charge is 0.371 e. The number of H-pyrrole nitrogens is 1. The third kappa shape index (κ3) is 2.73. The fourth-order valence-corrected chi connectivity index (χ4v) is 5.49. The molecule has 1 unspecified atom stereocenters. The van der Waals surface area contributed by atoms with Gasteiger partial charge in [-0.05, 0) is 74.9 Å². The van der Waals surface area contributed by atoms with Gasteiger partial charge in [-0.2, -0.15) is 5.10 Å². The van der Waals surface area contributed by atoms with E-state index in [1.165, 1.54) is 62.9 Å². The Kier molecular flexibility index (Phi) is 4.00. The van der Waals surface area contributed by atoms with Crippen molar-refractivity contribution in [2.24, 2.45) is 0 Å². The topological polar surface area (TPSA) is 35.2 Å². The summed E-state index contributed by atoms with van der Waals surface area (Å²) in [4.78, 5) is 5.15. The maximum atomic E-state index is 13.2. The van der Waals surface area contributed by atoms with Crippen molar-refractivity contribution in [3.63, 3.8) is 0 Å². The predicted octanol–water partition coefficient (Wildman–Crippen LogP) is 3.50. The molecule has 0 bridgehead atoms. The Hall–Kier alpha value is -1.88. The van der Waals surface area contributed by atoms with Crippen LogP contribution >= 0.6 is 0 Å². The van der Waals surface area contributed by atoms with E-state index in [0.717, 1.165) is 18.8 Å². The van der Waals surface area contributed by atoms with Gasteiger partial charge in [0, 0.05) is 42.5 Å². The van der Waals surface area contributed by atoms with Crippen molar-refractivity contribution in [1.29, 1.82) is 0 Å². The van der Waals surface area contributed by atoms with Gasteiger partial charge in [0.2, 0.25) is 0 Å². The fraction of sp³-hybridized carbons (Fsp3) is 0.571. The van der Waals surface area contributed by atoms with Crippen LogP contribution in [-0.4, -0.2) is 47.3 Å². The average molecular weight is 354 g/mol. The van der Waals surface area contributed by atoms with Gasteiger partial charge in [0.15, 0.2) is 0 Å². The van der Waals surface area contributed by atoms with Crippen molar-refractivity contribution in [1.82, 2.24) is 15.1 Å². The van der Waals surface area contributed by atoms with E-state index in [1.807, 2.05) is 18.3 Å². The summed E-state index contributed by atoms with van der Waals surface area (Å²) in [5, 5.41) is 7.62. The molecule has 4 nitrogen and oxygen atoms in total. The Bertz CT molecular complexity index is 763. The molecule has 2 saturated heterocycles. The first-order chi connectivity index (χ1) is 12.7. The van der Waals surface area contributed by atoms with Crippen LogP contribution in [-0.2, 0) is 11.8 Å². The number of rotatable bonds is 2. The molecule has 2 aliphatic heterocycles. The second-order valence-corrected chi connectivity index (χ2v) is 8.32. The van der Waals surface area contributed by atoms with Crippen LogP contribution in [0.2, 0.25) is 0 Å². The van der Waals surface area contributed by atoms with E-state index in [-0.39, 0.29) is 5.82 Å². The number of hydrogen-bond acceptors (Lipinski definition) is 3. The zero-order valence-electron chi connectivity index (χ0n) is 15.3. The van der Waals surface area contributed by atoms with Crippen LogP contribution in [0.5, 0.6) is 0 Å². The number of anilines is 1. The maximum absolute atomic E-state index is 13.2. The monoisotopic (exact) mass is 354 g/mol. The van der Waals surface area contributed by atoms with Gasteiger partial charge in [0.1, 0.15) is 5.82 Å². The van der Waals surface area contributed by atoms with Crippen molar-refractivity contribution in [2.45, 2.75) is 50.0 Å². The Labute approximate surface area is 154 Å². The summed E-state index contributed by atoms with van der Waals surface area (Å²) in [5.74, 6) is -0.156. The SMILES string of the molecule is Fc1ccc(N2CCC(N3CCCC4(CCc5cn[nH]c54)C3)CC2)cc1. The lowest BCUT2D eigenvalue weighted by Gasteiger charge is -2.46. The molecular formula is C21H27FN4. The Morgan fingerprint density at radius 1 is 1.08 bits per heavy atom. The minimum Gasteiger partial charge on any atom is -0.371 e. The highest BCUT2D eigenvalue weighted by molar-refractivity contribution is 5.46. The first-order valence-corrected chi connectivity index (χ1v) is 10.0. The maximum Gasteiger partial charge on any atom is 0.123 e. The summed E-state index contributed by atoms with van der Waals surface area (Å²) in [7, 11) is 0. The number of halogens is 1. The molecule has 5 heteroatoms. The first-order valence-electron chi connectivity index (χ1n) is 10.0. The van der Waals surface area contributed by atoms with Gasteiger partial charge in [-0.3, -0.25) is 10.00 Å². The first kappa shape index (κ1) is 16.3. The van der Waals surface area contributed by atoms with E-state index in [1.54, 1.807) is 12.1 Å². The molecule has 0 amide bonds. The summed E-state index contributed by atoms with van der Waals surface area (Å²) in [6, 6.07) is 7.62. The van der Waals surface area contributed by atoms with Crippen LogP contribution < -0.4 is 4.90 Å². The molecule has 138 valence electrons. The highest BCUT2D eigenvalue weighted by Gasteiger charge is 2.44. The molecule has 0 saturated carbocycles. The van der Waals surface area contributed by atoms with E-state index in [2.05, 4.69) is 20.0 Å². The standard InChI is InChI=1S/C21H27FN4/c22-17-2-4-18(5-3-17)25-12-7-19(8-13-25)26-11-1-9-21(15-26)10-6-16-14-23-24-20(16)21/h2-5,14,19H,1,6-13,15H2,(H,23,24). The van der Waals surface area contributed by atoms with E-state index in [4.69, 9.17) is 0 Å². The number of nitrogens with zero attached hydrogens (tertiary/aromatic N) is 3. The van der Waals surface area contributed by atoms with E-state index in [0.29, 0.717) is 11.5 Å². The third-order valence-corrected chi connectivity index (χ3v) is 6.90. The Morgan fingerprint density at radius 2 is 1.88 bits per heavy atom. The number of aromatic nitrogens is 2. The number of fused-ring (bicyclic) bond motifs is 2. The second-order valence-electron chi connectivity index (χ2n) is 8.32. The molecule has 3 heterocycles. The predicted molar refractivity (Wildman–Crippen MR) is 101 cm³/mol. The highest BCUT2D eigenvalue weighted by atomic mass is 19.1. The van der Waals surface area contributed by atoms with Gasteiger partial charge in [0.25, 0.3) is 0 Å². The molecule has 1 aromatic carbocycles. The van der Waals surface area contributed by atoms with Gasteiger partial charge in [-0.1, -0.05) is 0 Å². The van der Waals surface area contributed by atoms with Crippen LogP contribution in [0.1, 0.15) is 43.4 Å². The summed E-state index contributed by atoms with van der Waals surface area (Å²) in [5.41, 5.74) is 4.33. The van der Waals surface area contributed by atoms with Gasteiger partial charge in [0.05, 0.1) is 6.20 Å². The number of likely N-dealkylation sites (tertiary alicyclic amines) is 1. The molecule has 2 aromatic rings. The molecule has 26 heavy (non-hydrogen) atoms. The molecular weight excluding hydrogens is 327 g/mol. The molecule has 0 radical (unpaired) electrons. The number of piperidine rings is 2. The minimum absolute atomic E-state index is 0.156. The summed E-state index contributed by atoms with van der Waals surface area (Å²) < 4.78 is 13.2. The Balaban J connectivity index is 1.25. The van der Waals surface area contributed by atoms with E-state index < -0.39 is 0 Å². The highest BCUT2D eigenvalue weighted by Crippen LogP contribution is 2.44. The minimum atomic E-state index is -0.156. The smallest absolute Gasteiger partial charge is 0.123 e. The normalized spacial score (nSPS) is 27.2. The van der Waals surface area contributed by atoms with E-state index in [9.17, 15) is 4.39 Å². The lowest BCUT2D eigenvalue weighted by atomic mass is 9.77.